The van der Waals surface area contributed by atoms with Gasteiger partial charge in [0.25, 0.3) is 0 Å². The topological polar surface area (TPSA) is 75.4 Å². The van der Waals surface area contributed by atoms with E-state index in [2.05, 4.69) is 19.2 Å². The van der Waals surface area contributed by atoms with Crippen molar-refractivity contribution in [3.8, 4) is 0 Å². The summed E-state index contributed by atoms with van der Waals surface area (Å²) in [7, 11) is 0. The number of carbonyl (C=O) groups excluding carboxylic acids is 2. The highest BCUT2D eigenvalue weighted by atomic mass is 35.5. The minimum Gasteiger partial charge on any atom is -0.349 e. The first-order valence-corrected chi connectivity index (χ1v) is 8.28. The van der Waals surface area contributed by atoms with Crippen LogP contribution in [0.25, 0.3) is 0 Å². The van der Waals surface area contributed by atoms with Gasteiger partial charge in [-0.3, -0.25) is 9.59 Å². The Morgan fingerprint density at radius 1 is 1.32 bits per heavy atom. The first-order valence-electron chi connectivity index (χ1n) is 8.28. The molecule has 0 aliphatic carbocycles. The molecule has 0 bridgehead atoms. The normalized spacial score (nSPS) is 18.5. The molecular formula is C16H32ClN3O2. The Kier molecular flexibility index (Phi) is 9.01. The summed E-state index contributed by atoms with van der Waals surface area (Å²) in [6.45, 7) is 9.22. The number of likely N-dealkylation sites (tertiary alicyclic amines) is 1. The third-order valence-electron chi connectivity index (χ3n) is 5.05. The molecule has 1 saturated heterocycles. The van der Waals surface area contributed by atoms with Gasteiger partial charge in [0.15, 0.2) is 0 Å². The summed E-state index contributed by atoms with van der Waals surface area (Å²) in [5.74, 6) is -0.150. The van der Waals surface area contributed by atoms with Crippen LogP contribution in [0.3, 0.4) is 0 Å². The van der Waals surface area contributed by atoms with Crippen LogP contribution in [0.15, 0.2) is 0 Å². The van der Waals surface area contributed by atoms with Crippen molar-refractivity contribution in [1.82, 2.24) is 10.2 Å². The quantitative estimate of drug-likeness (QED) is 0.714. The third kappa shape index (κ3) is 4.59. The zero-order valence-corrected chi connectivity index (χ0v) is 15.2. The van der Waals surface area contributed by atoms with Crippen LogP contribution in [0.1, 0.15) is 59.8 Å². The van der Waals surface area contributed by atoms with Crippen molar-refractivity contribution in [2.45, 2.75) is 71.4 Å². The molecular weight excluding hydrogens is 302 g/mol. The van der Waals surface area contributed by atoms with Gasteiger partial charge >= 0.3 is 0 Å². The summed E-state index contributed by atoms with van der Waals surface area (Å²) in [6.07, 6.45) is 3.82. The fourth-order valence-corrected chi connectivity index (χ4v) is 3.12. The van der Waals surface area contributed by atoms with Crippen LogP contribution >= 0.6 is 12.4 Å². The molecule has 0 saturated carbocycles. The van der Waals surface area contributed by atoms with Crippen molar-refractivity contribution >= 4 is 24.2 Å². The summed E-state index contributed by atoms with van der Waals surface area (Å²) in [6, 6.07) is 0.256. The zero-order valence-electron chi connectivity index (χ0n) is 14.4. The second-order valence-corrected chi connectivity index (χ2v) is 6.10. The van der Waals surface area contributed by atoms with Gasteiger partial charge in [-0.25, -0.2) is 0 Å². The van der Waals surface area contributed by atoms with Gasteiger partial charge in [0.2, 0.25) is 11.8 Å². The average Bonchev–Trinajstić information content (AvgIpc) is 2.88. The molecule has 22 heavy (non-hydrogen) atoms. The van der Waals surface area contributed by atoms with Gasteiger partial charge in [0.05, 0.1) is 11.5 Å². The maximum Gasteiger partial charge on any atom is 0.225 e. The molecule has 5 nitrogen and oxygen atoms in total. The molecule has 130 valence electrons. The molecule has 0 aromatic rings. The van der Waals surface area contributed by atoms with Gasteiger partial charge in [-0.1, -0.05) is 27.7 Å². The largest absolute Gasteiger partial charge is 0.349 e. The number of halogens is 1. The van der Waals surface area contributed by atoms with E-state index >= 15 is 0 Å². The molecule has 0 spiro atoms. The van der Waals surface area contributed by atoms with E-state index in [0.717, 1.165) is 25.7 Å². The van der Waals surface area contributed by atoms with Crippen LogP contribution in [0.4, 0.5) is 0 Å². The predicted octanol–water partition coefficient (Wildman–Crippen LogP) is 2.08. The molecule has 0 aromatic carbocycles. The lowest BCUT2D eigenvalue weighted by molar-refractivity contribution is -0.130. The number of amides is 2. The standard InChI is InChI=1S/C16H31N3O2.ClH/c1-5-13(6-2)19-10-12(9-14(19)20)15(21)18-16(7-3,8-4)11-17;/h12-13H,5-11,17H2,1-4H3,(H,18,21);1H. The molecule has 0 aromatic heterocycles. The van der Waals surface area contributed by atoms with Gasteiger partial charge in [-0.2, -0.15) is 0 Å². The van der Waals surface area contributed by atoms with Gasteiger partial charge in [0.1, 0.15) is 0 Å². The molecule has 1 rings (SSSR count). The Hall–Kier alpha value is -0.810. The molecule has 6 heteroatoms. The Bertz CT molecular complexity index is 360. The maximum atomic E-state index is 12.5. The van der Waals surface area contributed by atoms with Crippen LogP contribution in [0.5, 0.6) is 0 Å². The van der Waals surface area contributed by atoms with Crippen molar-refractivity contribution in [1.29, 1.82) is 0 Å². The van der Waals surface area contributed by atoms with E-state index in [9.17, 15) is 9.59 Å². The molecule has 1 atom stereocenters. The molecule has 0 radical (unpaired) electrons. The number of rotatable bonds is 8. The van der Waals surface area contributed by atoms with Gasteiger partial charge < -0.3 is 16.0 Å². The zero-order chi connectivity index (χ0) is 16.0. The molecule has 1 aliphatic rings. The Morgan fingerprint density at radius 3 is 2.27 bits per heavy atom. The van der Waals surface area contributed by atoms with Crippen molar-refractivity contribution in [2.75, 3.05) is 13.1 Å². The first kappa shape index (κ1) is 21.2. The number of nitrogens with zero attached hydrogens (tertiary/aromatic N) is 1. The van der Waals surface area contributed by atoms with E-state index in [1.807, 2.05) is 18.7 Å². The highest BCUT2D eigenvalue weighted by Gasteiger charge is 2.39. The van der Waals surface area contributed by atoms with E-state index < -0.39 is 0 Å². The molecule has 3 N–H and O–H groups in total. The second kappa shape index (κ2) is 9.36. The number of hydrogen-bond donors (Lipinski definition) is 2. The van der Waals surface area contributed by atoms with E-state index in [4.69, 9.17) is 5.73 Å². The minimum atomic E-state index is -0.331. The maximum absolute atomic E-state index is 12.5. The highest BCUT2D eigenvalue weighted by Crippen LogP contribution is 2.24. The van der Waals surface area contributed by atoms with Gasteiger partial charge in [0, 0.05) is 25.6 Å². The van der Waals surface area contributed by atoms with E-state index in [0.29, 0.717) is 19.5 Å². The summed E-state index contributed by atoms with van der Waals surface area (Å²) >= 11 is 0. The monoisotopic (exact) mass is 333 g/mol. The summed E-state index contributed by atoms with van der Waals surface area (Å²) in [4.78, 5) is 26.5. The van der Waals surface area contributed by atoms with Crippen molar-refractivity contribution in [3.05, 3.63) is 0 Å². The first-order chi connectivity index (χ1) is 9.96. The van der Waals surface area contributed by atoms with Crippen LogP contribution in [-0.4, -0.2) is 41.4 Å². The average molecular weight is 334 g/mol. The van der Waals surface area contributed by atoms with Crippen LogP contribution in [0.2, 0.25) is 0 Å². The smallest absolute Gasteiger partial charge is 0.225 e. The summed E-state index contributed by atoms with van der Waals surface area (Å²) in [5.41, 5.74) is 5.50. The number of hydrogen-bond acceptors (Lipinski definition) is 3. The summed E-state index contributed by atoms with van der Waals surface area (Å²) in [5, 5.41) is 3.09. The van der Waals surface area contributed by atoms with Gasteiger partial charge in [-0.15, -0.1) is 12.4 Å². The van der Waals surface area contributed by atoms with Crippen LogP contribution in [-0.2, 0) is 9.59 Å². The number of carbonyl (C=O) groups is 2. The molecule has 1 fully saturated rings. The lowest BCUT2D eigenvalue weighted by Crippen LogP contribution is -2.54. The highest BCUT2D eigenvalue weighted by molar-refractivity contribution is 5.89. The summed E-state index contributed by atoms with van der Waals surface area (Å²) < 4.78 is 0. The molecule has 1 heterocycles. The van der Waals surface area contributed by atoms with E-state index in [1.54, 1.807) is 0 Å². The minimum absolute atomic E-state index is 0. The lowest BCUT2D eigenvalue weighted by Gasteiger charge is -2.32. The van der Waals surface area contributed by atoms with E-state index in [1.165, 1.54) is 0 Å². The second-order valence-electron chi connectivity index (χ2n) is 6.10. The fraction of sp³-hybridized carbons (Fsp3) is 0.875. The fourth-order valence-electron chi connectivity index (χ4n) is 3.12. The van der Waals surface area contributed by atoms with Gasteiger partial charge in [-0.05, 0) is 25.7 Å². The van der Waals surface area contributed by atoms with Crippen molar-refractivity contribution in [2.24, 2.45) is 11.7 Å². The Labute approximate surface area is 140 Å². The number of nitrogens with one attached hydrogen (secondary N) is 1. The van der Waals surface area contributed by atoms with Crippen LogP contribution < -0.4 is 11.1 Å². The Balaban J connectivity index is 0.00000441. The lowest BCUT2D eigenvalue weighted by atomic mass is 9.91. The number of nitrogens with two attached hydrogens (primary N) is 1. The third-order valence-corrected chi connectivity index (χ3v) is 5.05. The molecule has 1 unspecified atom stereocenters. The van der Waals surface area contributed by atoms with Crippen molar-refractivity contribution in [3.63, 3.8) is 0 Å². The SMILES string of the molecule is CCC(CC)N1CC(C(=O)NC(CC)(CC)CN)CC1=O.Cl. The van der Waals surface area contributed by atoms with Crippen LogP contribution in [0, 0.1) is 5.92 Å². The van der Waals surface area contributed by atoms with E-state index in [-0.39, 0.29) is 41.7 Å². The van der Waals surface area contributed by atoms with Crippen molar-refractivity contribution < 1.29 is 9.59 Å². The predicted molar refractivity (Wildman–Crippen MR) is 91.9 cm³/mol. The molecule has 1 aliphatic heterocycles. The Morgan fingerprint density at radius 2 is 1.86 bits per heavy atom. The molecule has 2 amide bonds.